The van der Waals surface area contributed by atoms with Crippen LogP contribution in [0.3, 0.4) is 0 Å². The van der Waals surface area contributed by atoms with Crippen LogP contribution in [-0.4, -0.2) is 18.2 Å². The molecule has 0 saturated carbocycles. The first-order valence-electron chi connectivity index (χ1n) is 7.60. The average molecular weight is 292 g/mol. The minimum absolute atomic E-state index is 0.390. The van der Waals surface area contributed by atoms with Gasteiger partial charge in [0, 0.05) is 18.8 Å². The predicted molar refractivity (Wildman–Crippen MR) is 87.5 cm³/mol. The van der Waals surface area contributed by atoms with Crippen LogP contribution in [0.25, 0.3) is 0 Å². The molecule has 0 aliphatic heterocycles. The molecule has 0 heterocycles. The third kappa shape index (κ3) is 7.02. The molecular formula is C17H28N2O2. The van der Waals surface area contributed by atoms with Crippen LogP contribution in [0, 0.1) is 5.92 Å². The maximum Gasteiger partial charge on any atom is 0.407 e. The van der Waals surface area contributed by atoms with Gasteiger partial charge in [0.15, 0.2) is 0 Å². The largest absolute Gasteiger partial charge is 0.444 e. The fourth-order valence-corrected chi connectivity index (χ4v) is 1.76. The second-order valence-corrected chi connectivity index (χ2v) is 6.41. The number of carbonyl (C=O) groups excluding carboxylic acids is 1. The van der Waals surface area contributed by atoms with Crippen molar-refractivity contribution >= 4 is 11.8 Å². The van der Waals surface area contributed by atoms with Gasteiger partial charge in [-0.05, 0) is 38.3 Å². The van der Waals surface area contributed by atoms with Gasteiger partial charge in [-0.15, -0.1) is 0 Å². The van der Waals surface area contributed by atoms with Gasteiger partial charge in [-0.25, -0.2) is 4.79 Å². The molecule has 2 N–H and O–H groups in total. The molecule has 1 rings (SSSR count). The fraction of sp³-hybridized carbons (Fsp3) is 0.588. The van der Waals surface area contributed by atoms with Crippen LogP contribution in [0.5, 0.6) is 0 Å². The monoisotopic (exact) mass is 292 g/mol. The molecule has 118 valence electrons. The molecule has 1 amide bonds. The summed E-state index contributed by atoms with van der Waals surface area (Å²) in [7, 11) is 0. The maximum atomic E-state index is 11.7. The van der Waals surface area contributed by atoms with Crippen molar-refractivity contribution in [2.24, 2.45) is 5.92 Å². The van der Waals surface area contributed by atoms with E-state index in [0.717, 1.165) is 24.2 Å². The number of hydrogen-bond acceptors (Lipinski definition) is 3. The number of alkyl carbamates (subject to hydrolysis) is 1. The zero-order valence-electron chi connectivity index (χ0n) is 13.8. The minimum Gasteiger partial charge on any atom is -0.444 e. The molecule has 4 heteroatoms. The molecule has 0 bridgehead atoms. The average Bonchev–Trinajstić information content (AvgIpc) is 2.41. The van der Waals surface area contributed by atoms with E-state index >= 15 is 0 Å². The number of hydrogen-bond donors (Lipinski definition) is 2. The highest BCUT2D eigenvalue weighted by atomic mass is 16.6. The number of ether oxygens (including phenoxy) is 1. The molecule has 0 spiro atoms. The van der Waals surface area contributed by atoms with Gasteiger partial charge in [-0.1, -0.05) is 38.5 Å². The summed E-state index contributed by atoms with van der Waals surface area (Å²) in [5.74, 6) is 0.622. The van der Waals surface area contributed by atoms with Crippen molar-refractivity contribution in [1.29, 1.82) is 0 Å². The quantitative estimate of drug-likeness (QED) is 0.827. The lowest BCUT2D eigenvalue weighted by atomic mass is 10.1. The van der Waals surface area contributed by atoms with Crippen molar-refractivity contribution in [1.82, 2.24) is 5.32 Å². The minimum atomic E-state index is -0.474. The Labute approximate surface area is 128 Å². The normalized spacial score (nSPS) is 12.6. The Morgan fingerprint density at radius 3 is 2.57 bits per heavy atom. The summed E-state index contributed by atoms with van der Waals surface area (Å²) in [5, 5.41) is 6.24. The smallest absolute Gasteiger partial charge is 0.407 e. The topological polar surface area (TPSA) is 50.4 Å². The molecule has 0 aliphatic rings. The number of nitrogens with one attached hydrogen (secondary N) is 2. The Kier molecular flexibility index (Phi) is 6.53. The molecule has 0 radical (unpaired) electrons. The molecule has 0 aromatic heterocycles. The van der Waals surface area contributed by atoms with Gasteiger partial charge in [0.05, 0.1) is 0 Å². The van der Waals surface area contributed by atoms with E-state index in [1.165, 1.54) is 0 Å². The highest BCUT2D eigenvalue weighted by molar-refractivity contribution is 5.68. The number of carbonyl (C=O) groups is 1. The highest BCUT2D eigenvalue weighted by Gasteiger charge is 2.16. The summed E-state index contributed by atoms with van der Waals surface area (Å²) >= 11 is 0. The lowest BCUT2D eigenvalue weighted by molar-refractivity contribution is 0.0523. The molecule has 0 fully saturated rings. The van der Waals surface area contributed by atoms with Gasteiger partial charge in [0.25, 0.3) is 0 Å². The van der Waals surface area contributed by atoms with Crippen molar-refractivity contribution in [3.8, 4) is 0 Å². The van der Waals surface area contributed by atoms with E-state index < -0.39 is 5.60 Å². The second kappa shape index (κ2) is 7.91. The van der Waals surface area contributed by atoms with E-state index in [1.807, 2.05) is 45.0 Å². The summed E-state index contributed by atoms with van der Waals surface area (Å²) in [6.45, 7) is 11.4. The van der Waals surface area contributed by atoms with Gasteiger partial charge in [0.2, 0.25) is 0 Å². The molecule has 1 atom stereocenters. The van der Waals surface area contributed by atoms with Crippen molar-refractivity contribution in [2.75, 3.05) is 11.9 Å². The standard InChI is InChI=1S/C17H28N2O2/c1-6-13(2)11-18-15-10-8-7-9-14(15)12-19-16(20)21-17(3,4)5/h7-10,13,18H,6,11-12H2,1-5H3,(H,19,20). The Bertz CT molecular complexity index is 452. The van der Waals surface area contributed by atoms with Crippen LogP contribution >= 0.6 is 0 Å². The Balaban J connectivity index is 2.57. The predicted octanol–water partition coefficient (Wildman–Crippen LogP) is 4.17. The van der Waals surface area contributed by atoms with Crippen LogP contribution in [0.2, 0.25) is 0 Å². The van der Waals surface area contributed by atoms with E-state index in [9.17, 15) is 4.79 Å². The lowest BCUT2D eigenvalue weighted by Crippen LogP contribution is -2.32. The molecule has 21 heavy (non-hydrogen) atoms. The third-order valence-electron chi connectivity index (χ3n) is 3.18. The zero-order valence-corrected chi connectivity index (χ0v) is 13.8. The number of benzene rings is 1. The number of amides is 1. The van der Waals surface area contributed by atoms with Gasteiger partial charge >= 0.3 is 6.09 Å². The van der Waals surface area contributed by atoms with Gasteiger partial charge < -0.3 is 15.4 Å². The summed E-state index contributed by atoms with van der Waals surface area (Å²) in [6.07, 6.45) is 0.755. The van der Waals surface area contributed by atoms with Gasteiger partial charge in [0.1, 0.15) is 5.60 Å². The molecule has 0 saturated heterocycles. The lowest BCUT2D eigenvalue weighted by Gasteiger charge is -2.20. The summed E-state index contributed by atoms with van der Waals surface area (Å²) in [4.78, 5) is 11.7. The van der Waals surface area contributed by atoms with Crippen molar-refractivity contribution in [3.05, 3.63) is 29.8 Å². The summed E-state index contributed by atoms with van der Waals surface area (Å²) in [5.41, 5.74) is 1.65. The van der Waals surface area contributed by atoms with E-state index in [-0.39, 0.29) is 6.09 Å². The third-order valence-corrected chi connectivity index (χ3v) is 3.18. The first kappa shape index (κ1) is 17.3. The number of anilines is 1. The van der Waals surface area contributed by atoms with Crippen LogP contribution in [0.1, 0.15) is 46.6 Å². The summed E-state index contributed by atoms with van der Waals surface area (Å²) in [6, 6.07) is 8.02. The molecule has 1 unspecified atom stereocenters. The number of para-hydroxylation sites is 1. The Morgan fingerprint density at radius 2 is 1.95 bits per heavy atom. The van der Waals surface area contributed by atoms with Crippen LogP contribution in [0.15, 0.2) is 24.3 Å². The zero-order chi connectivity index (χ0) is 15.9. The van der Waals surface area contributed by atoms with Crippen LogP contribution in [-0.2, 0) is 11.3 Å². The van der Waals surface area contributed by atoms with Gasteiger partial charge in [-0.3, -0.25) is 0 Å². The summed E-state index contributed by atoms with van der Waals surface area (Å²) < 4.78 is 5.24. The van der Waals surface area contributed by atoms with Crippen molar-refractivity contribution < 1.29 is 9.53 Å². The van der Waals surface area contributed by atoms with Crippen LogP contribution in [0.4, 0.5) is 10.5 Å². The molecule has 4 nitrogen and oxygen atoms in total. The first-order chi connectivity index (χ1) is 9.81. The first-order valence-corrected chi connectivity index (χ1v) is 7.60. The Morgan fingerprint density at radius 1 is 1.29 bits per heavy atom. The van der Waals surface area contributed by atoms with E-state index in [2.05, 4.69) is 24.5 Å². The molecule has 1 aromatic rings. The molecule has 1 aromatic carbocycles. The van der Waals surface area contributed by atoms with Gasteiger partial charge in [-0.2, -0.15) is 0 Å². The SMILES string of the molecule is CCC(C)CNc1ccccc1CNC(=O)OC(C)(C)C. The van der Waals surface area contributed by atoms with E-state index in [0.29, 0.717) is 12.5 Å². The van der Waals surface area contributed by atoms with E-state index in [1.54, 1.807) is 0 Å². The Hall–Kier alpha value is -1.71. The highest BCUT2D eigenvalue weighted by Crippen LogP contribution is 2.16. The number of rotatable bonds is 6. The van der Waals surface area contributed by atoms with E-state index in [4.69, 9.17) is 4.74 Å². The maximum absolute atomic E-state index is 11.7. The molecular weight excluding hydrogens is 264 g/mol. The van der Waals surface area contributed by atoms with Crippen LogP contribution < -0.4 is 10.6 Å². The fourth-order valence-electron chi connectivity index (χ4n) is 1.76. The van der Waals surface area contributed by atoms with Crippen molar-refractivity contribution in [3.63, 3.8) is 0 Å². The second-order valence-electron chi connectivity index (χ2n) is 6.41. The molecule has 0 aliphatic carbocycles. The van der Waals surface area contributed by atoms with Crippen molar-refractivity contribution in [2.45, 2.75) is 53.2 Å².